The monoisotopic (exact) mass is 1150 g/mol. The van der Waals surface area contributed by atoms with Gasteiger partial charge in [0, 0.05) is 6.42 Å². The molecule has 0 spiro atoms. The van der Waals surface area contributed by atoms with Gasteiger partial charge in [0.05, 0.1) is 25.4 Å². The van der Waals surface area contributed by atoms with Gasteiger partial charge in [0.2, 0.25) is 5.91 Å². The summed E-state index contributed by atoms with van der Waals surface area (Å²) in [6.45, 7) is 3.64. The predicted octanol–water partition coefficient (Wildman–Crippen LogP) is 18.2. The second-order valence-corrected chi connectivity index (χ2v) is 22.5. The molecule has 0 bridgehead atoms. The maximum Gasteiger partial charge on any atom is 0.220 e. The van der Waals surface area contributed by atoms with Crippen molar-refractivity contribution in [3.05, 3.63) is 146 Å². The summed E-state index contributed by atoms with van der Waals surface area (Å²) in [6, 6.07) is -0.847. The molecule has 1 amide bonds. The van der Waals surface area contributed by atoms with Gasteiger partial charge >= 0.3 is 0 Å². The van der Waals surface area contributed by atoms with Crippen LogP contribution in [0.25, 0.3) is 0 Å². The van der Waals surface area contributed by atoms with E-state index in [4.69, 9.17) is 9.47 Å². The maximum absolute atomic E-state index is 13.1. The van der Waals surface area contributed by atoms with E-state index in [0.29, 0.717) is 6.42 Å². The van der Waals surface area contributed by atoms with E-state index in [2.05, 4.69) is 153 Å². The summed E-state index contributed by atoms with van der Waals surface area (Å²) in [5.41, 5.74) is 0. The van der Waals surface area contributed by atoms with E-state index >= 15 is 0 Å². The molecule has 1 heterocycles. The molecule has 472 valence electrons. The quantitative estimate of drug-likeness (QED) is 0.0261. The first kappa shape index (κ1) is 77.1. The lowest BCUT2D eigenvalue weighted by Gasteiger charge is -2.40. The zero-order chi connectivity index (χ0) is 60.0. The lowest BCUT2D eigenvalue weighted by Crippen LogP contribution is -2.60. The highest BCUT2D eigenvalue weighted by molar-refractivity contribution is 5.76. The Hall–Kier alpha value is -3.93. The maximum atomic E-state index is 13.1. The van der Waals surface area contributed by atoms with E-state index in [-0.39, 0.29) is 12.5 Å². The number of amides is 1. The fourth-order valence-corrected chi connectivity index (χ4v) is 9.65. The zero-order valence-corrected chi connectivity index (χ0v) is 52.6. The van der Waals surface area contributed by atoms with Crippen molar-refractivity contribution in [1.29, 1.82) is 0 Å². The molecule has 0 radical (unpaired) electrons. The Bertz CT molecular complexity index is 1820. The molecule has 7 unspecified atom stereocenters. The second-order valence-electron chi connectivity index (χ2n) is 22.5. The molecule has 1 aliphatic heterocycles. The minimum atomic E-state index is -1.59. The van der Waals surface area contributed by atoms with Gasteiger partial charge in [-0.1, -0.05) is 282 Å². The molecule has 0 aromatic heterocycles. The molecule has 7 atom stereocenters. The highest BCUT2D eigenvalue weighted by Gasteiger charge is 2.44. The summed E-state index contributed by atoms with van der Waals surface area (Å²) in [5, 5.41) is 54.7. The highest BCUT2D eigenvalue weighted by atomic mass is 16.7. The molecular formula is C74H123NO8. The summed E-state index contributed by atoms with van der Waals surface area (Å²) >= 11 is 0. The van der Waals surface area contributed by atoms with Crippen molar-refractivity contribution in [2.45, 2.75) is 301 Å². The van der Waals surface area contributed by atoms with Crippen LogP contribution in [0.3, 0.4) is 0 Å². The van der Waals surface area contributed by atoms with Crippen LogP contribution in [0.5, 0.6) is 0 Å². The number of aliphatic hydroxyl groups excluding tert-OH is 5. The third-order valence-corrected chi connectivity index (χ3v) is 14.9. The van der Waals surface area contributed by atoms with Crippen LogP contribution < -0.4 is 5.32 Å². The van der Waals surface area contributed by atoms with Gasteiger partial charge in [-0.05, 0) is 116 Å². The second kappa shape index (κ2) is 61.2. The van der Waals surface area contributed by atoms with Gasteiger partial charge in [0.1, 0.15) is 24.4 Å². The number of unbranched alkanes of at least 4 members (excludes halogenated alkanes) is 24. The van der Waals surface area contributed by atoms with E-state index in [1.165, 1.54) is 116 Å². The number of hydrogen-bond donors (Lipinski definition) is 6. The minimum Gasteiger partial charge on any atom is -0.394 e. The van der Waals surface area contributed by atoms with Crippen LogP contribution in [0.4, 0.5) is 0 Å². The molecule has 6 N–H and O–H groups in total. The predicted molar refractivity (Wildman–Crippen MR) is 354 cm³/mol. The Morgan fingerprint density at radius 3 is 1.16 bits per heavy atom. The largest absolute Gasteiger partial charge is 0.394 e. The van der Waals surface area contributed by atoms with Crippen molar-refractivity contribution >= 4 is 5.91 Å². The molecule has 0 aromatic carbocycles. The summed E-state index contributed by atoms with van der Waals surface area (Å²) in [6.07, 6.45) is 87.9. The standard InChI is InChI=1S/C74H123NO8/c1-3-5-7-9-11-13-15-17-19-21-23-25-27-29-30-31-32-33-34-35-36-37-38-40-42-44-46-48-50-52-54-56-58-60-62-64-70(78)75-67(66-82-74-73(81)72(80)71(79)69(65-76)83-74)68(77)63-61-59-57-55-53-51-49-47-45-43-41-39-28-26-24-22-20-18-16-14-12-10-8-6-4-2/h5,7,11,13,17,19,23,25,29-30,32-33,35-36,38,40,44-47,53,55,61,63,67-69,71-74,76-77,79-81H,3-4,6,8-10,12,14-16,18,20-22,24,26-28,31,34,37,39,41-43,48-52,54,56-60,62,64-66H2,1-2H3,(H,75,78)/b7-5-,13-11-,19-17-,25-23-,30-29-,33-32-,36-35-,40-38-,46-44-,47-45+,55-53+,63-61+. The van der Waals surface area contributed by atoms with Gasteiger partial charge < -0.3 is 40.3 Å². The van der Waals surface area contributed by atoms with E-state index in [1.807, 2.05) is 6.08 Å². The Labute approximate surface area is 508 Å². The lowest BCUT2D eigenvalue weighted by molar-refractivity contribution is -0.302. The van der Waals surface area contributed by atoms with Crippen molar-refractivity contribution in [2.24, 2.45) is 0 Å². The van der Waals surface area contributed by atoms with Crippen LogP contribution in [0, 0.1) is 0 Å². The van der Waals surface area contributed by atoms with Gasteiger partial charge in [-0.2, -0.15) is 0 Å². The molecule has 0 saturated carbocycles. The van der Waals surface area contributed by atoms with Crippen LogP contribution in [-0.2, 0) is 14.3 Å². The number of rotatable bonds is 56. The highest BCUT2D eigenvalue weighted by Crippen LogP contribution is 2.23. The third kappa shape index (κ3) is 50.0. The average Bonchev–Trinajstić information content (AvgIpc) is 3.60. The van der Waals surface area contributed by atoms with Crippen molar-refractivity contribution in [1.82, 2.24) is 5.32 Å². The van der Waals surface area contributed by atoms with Crippen LogP contribution in [0.2, 0.25) is 0 Å². The first-order valence-electron chi connectivity index (χ1n) is 33.6. The van der Waals surface area contributed by atoms with E-state index in [0.717, 1.165) is 122 Å². The van der Waals surface area contributed by atoms with Gasteiger partial charge in [-0.3, -0.25) is 4.79 Å². The summed E-state index contributed by atoms with van der Waals surface area (Å²) in [5.74, 6) is -0.207. The van der Waals surface area contributed by atoms with E-state index in [9.17, 15) is 30.3 Å². The first-order chi connectivity index (χ1) is 40.8. The summed E-state index contributed by atoms with van der Waals surface area (Å²) in [7, 11) is 0. The zero-order valence-electron chi connectivity index (χ0n) is 52.6. The van der Waals surface area contributed by atoms with Crippen molar-refractivity contribution in [2.75, 3.05) is 13.2 Å². The average molecular weight is 1150 g/mol. The van der Waals surface area contributed by atoms with Crippen LogP contribution in [0.15, 0.2) is 146 Å². The van der Waals surface area contributed by atoms with Crippen LogP contribution in [0.1, 0.15) is 258 Å². The smallest absolute Gasteiger partial charge is 0.220 e. The minimum absolute atomic E-state index is 0.207. The lowest BCUT2D eigenvalue weighted by atomic mass is 9.99. The number of allylic oxidation sites excluding steroid dienone is 23. The van der Waals surface area contributed by atoms with Crippen molar-refractivity contribution < 1.29 is 39.8 Å². The molecule has 1 fully saturated rings. The topological polar surface area (TPSA) is 149 Å². The Morgan fingerprint density at radius 1 is 0.422 bits per heavy atom. The molecule has 9 heteroatoms. The number of carbonyl (C=O) groups excluding carboxylic acids is 1. The van der Waals surface area contributed by atoms with Crippen LogP contribution >= 0.6 is 0 Å². The molecule has 1 aliphatic rings. The number of hydrogen-bond acceptors (Lipinski definition) is 8. The molecule has 0 aromatic rings. The Kier molecular flexibility index (Phi) is 56.8. The van der Waals surface area contributed by atoms with Crippen LogP contribution in [-0.4, -0.2) is 87.5 Å². The fraction of sp³-hybridized carbons (Fsp3) is 0.662. The molecule has 83 heavy (non-hydrogen) atoms. The van der Waals surface area contributed by atoms with Gasteiger partial charge in [0.15, 0.2) is 6.29 Å². The van der Waals surface area contributed by atoms with Gasteiger partial charge in [-0.25, -0.2) is 0 Å². The summed E-state index contributed by atoms with van der Waals surface area (Å²) < 4.78 is 11.3. The normalized spacial score (nSPS) is 19.2. The van der Waals surface area contributed by atoms with Gasteiger partial charge in [-0.15, -0.1) is 0 Å². The Balaban J connectivity index is 2.23. The molecule has 9 nitrogen and oxygen atoms in total. The molecule has 0 aliphatic carbocycles. The van der Waals surface area contributed by atoms with Crippen molar-refractivity contribution in [3.63, 3.8) is 0 Å². The molecule has 1 rings (SSSR count). The van der Waals surface area contributed by atoms with Gasteiger partial charge in [0.25, 0.3) is 0 Å². The van der Waals surface area contributed by atoms with E-state index < -0.39 is 49.5 Å². The fourth-order valence-electron chi connectivity index (χ4n) is 9.65. The number of ether oxygens (including phenoxy) is 2. The summed E-state index contributed by atoms with van der Waals surface area (Å²) in [4.78, 5) is 13.1. The first-order valence-corrected chi connectivity index (χ1v) is 33.6. The number of nitrogens with one attached hydrogen (secondary N) is 1. The number of aliphatic hydroxyl groups is 5. The van der Waals surface area contributed by atoms with Crippen molar-refractivity contribution in [3.8, 4) is 0 Å². The SMILES string of the molecule is CC/C=C\C/C=C\C/C=C\C/C=C\C/C=C\C/C=C\C/C=C\C/C=C\C/C=C\CCCCCCCCCC(=O)NC(COC1OC(CO)C(O)C(O)C1O)C(O)/C=C/CC/C=C/CC/C=C/CCCCCCCCCCCCCCCCC. The third-order valence-electron chi connectivity index (χ3n) is 14.9. The number of carbonyl (C=O) groups is 1. The molecular weight excluding hydrogens is 1030 g/mol. The van der Waals surface area contributed by atoms with E-state index in [1.54, 1.807) is 6.08 Å². The molecule has 1 saturated heterocycles. The Morgan fingerprint density at radius 2 is 0.759 bits per heavy atom.